The molecule has 2 nitrogen and oxygen atoms in total. The normalized spacial score (nSPS) is 12.3. The highest BCUT2D eigenvalue weighted by Crippen LogP contribution is 2.31. The molecule has 1 atom stereocenters. The van der Waals surface area contributed by atoms with Crippen molar-refractivity contribution in [3.8, 4) is 5.75 Å². The van der Waals surface area contributed by atoms with Crippen LogP contribution in [0.25, 0.3) is 0 Å². The molecule has 4 heteroatoms. The van der Waals surface area contributed by atoms with Crippen LogP contribution in [-0.2, 0) is 0 Å². The first kappa shape index (κ1) is 14.2. The Hall–Kier alpha value is -1.19. The summed E-state index contributed by atoms with van der Waals surface area (Å²) in [6.07, 6.45) is 0. The number of rotatable bonds is 4. The van der Waals surface area contributed by atoms with E-state index in [4.69, 9.17) is 16.3 Å². The highest BCUT2D eigenvalue weighted by atomic mass is 35.5. The topological polar surface area (TPSA) is 21.3 Å². The van der Waals surface area contributed by atoms with Gasteiger partial charge in [-0.05, 0) is 50.6 Å². The van der Waals surface area contributed by atoms with Crippen LogP contribution >= 0.6 is 22.9 Å². The van der Waals surface area contributed by atoms with Crippen LogP contribution in [0.1, 0.15) is 28.3 Å². The number of nitrogens with one attached hydrogen (secondary N) is 1. The van der Waals surface area contributed by atoms with Gasteiger partial charge in [0.15, 0.2) is 0 Å². The molecular weight excluding hydrogens is 278 g/mol. The van der Waals surface area contributed by atoms with Crippen molar-refractivity contribution in [2.24, 2.45) is 0 Å². The van der Waals surface area contributed by atoms with Crippen LogP contribution in [0.4, 0.5) is 5.69 Å². The van der Waals surface area contributed by atoms with Crippen LogP contribution in [0, 0.1) is 13.8 Å². The molecule has 19 heavy (non-hydrogen) atoms. The van der Waals surface area contributed by atoms with E-state index in [1.165, 1.54) is 15.3 Å². The van der Waals surface area contributed by atoms with Crippen LogP contribution in [-0.4, -0.2) is 7.11 Å². The van der Waals surface area contributed by atoms with E-state index in [1.54, 1.807) is 7.11 Å². The maximum absolute atomic E-state index is 6.13. The molecule has 0 aliphatic rings. The molecule has 0 saturated carbocycles. The fourth-order valence-corrected chi connectivity index (χ4v) is 3.44. The van der Waals surface area contributed by atoms with E-state index in [9.17, 15) is 0 Å². The van der Waals surface area contributed by atoms with Gasteiger partial charge < -0.3 is 10.1 Å². The molecule has 0 spiro atoms. The number of hydrogen-bond donors (Lipinski definition) is 1. The average Bonchev–Trinajstić information content (AvgIpc) is 2.69. The van der Waals surface area contributed by atoms with Crippen molar-refractivity contribution in [1.29, 1.82) is 0 Å². The van der Waals surface area contributed by atoms with Crippen molar-refractivity contribution in [1.82, 2.24) is 0 Å². The first-order chi connectivity index (χ1) is 9.01. The number of thiophene rings is 1. The third kappa shape index (κ3) is 3.23. The second-order valence-corrected chi connectivity index (χ2v) is 6.45. The predicted octanol–water partition coefficient (Wildman–Crippen LogP) is 5.20. The van der Waals surface area contributed by atoms with Gasteiger partial charge in [-0.1, -0.05) is 11.6 Å². The molecule has 1 aromatic heterocycles. The van der Waals surface area contributed by atoms with Crippen molar-refractivity contribution in [2.45, 2.75) is 26.8 Å². The predicted molar refractivity (Wildman–Crippen MR) is 83.8 cm³/mol. The maximum Gasteiger partial charge on any atom is 0.137 e. The SMILES string of the molecule is COc1ccc(NC(C)c2cc(C)sc2C)cc1Cl. The summed E-state index contributed by atoms with van der Waals surface area (Å²) in [5, 5.41) is 4.09. The second-order valence-electron chi connectivity index (χ2n) is 4.58. The molecule has 0 radical (unpaired) electrons. The molecule has 0 amide bonds. The minimum Gasteiger partial charge on any atom is -0.495 e. The molecule has 0 aliphatic carbocycles. The Balaban J connectivity index is 2.17. The van der Waals surface area contributed by atoms with Gasteiger partial charge in [-0.25, -0.2) is 0 Å². The lowest BCUT2D eigenvalue weighted by atomic mass is 10.1. The van der Waals surface area contributed by atoms with E-state index in [2.05, 4.69) is 32.2 Å². The lowest BCUT2D eigenvalue weighted by Gasteiger charge is -2.16. The zero-order valence-electron chi connectivity index (χ0n) is 11.6. The van der Waals surface area contributed by atoms with Crippen molar-refractivity contribution in [3.63, 3.8) is 0 Å². The molecule has 2 aromatic rings. The summed E-state index contributed by atoms with van der Waals surface area (Å²) in [7, 11) is 1.62. The Morgan fingerprint density at radius 1 is 1.26 bits per heavy atom. The summed E-state index contributed by atoms with van der Waals surface area (Å²) in [5.41, 5.74) is 2.34. The molecule has 2 rings (SSSR count). The van der Waals surface area contributed by atoms with Gasteiger partial charge in [-0.3, -0.25) is 0 Å². The molecule has 1 heterocycles. The first-order valence-corrected chi connectivity index (χ1v) is 7.37. The van der Waals surface area contributed by atoms with Gasteiger partial charge in [0.1, 0.15) is 5.75 Å². The van der Waals surface area contributed by atoms with Gasteiger partial charge in [-0.2, -0.15) is 0 Å². The molecule has 0 bridgehead atoms. The summed E-state index contributed by atoms with van der Waals surface area (Å²) >= 11 is 7.96. The molecular formula is C15H18ClNOS. The lowest BCUT2D eigenvalue weighted by molar-refractivity contribution is 0.415. The minimum absolute atomic E-state index is 0.259. The van der Waals surface area contributed by atoms with Crippen LogP contribution in [0.3, 0.4) is 0 Å². The van der Waals surface area contributed by atoms with E-state index < -0.39 is 0 Å². The highest BCUT2D eigenvalue weighted by molar-refractivity contribution is 7.12. The highest BCUT2D eigenvalue weighted by Gasteiger charge is 2.11. The summed E-state index contributed by atoms with van der Waals surface area (Å²) in [6, 6.07) is 8.25. The number of methoxy groups -OCH3 is 1. The van der Waals surface area contributed by atoms with E-state index in [0.717, 1.165) is 5.69 Å². The van der Waals surface area contributed by atoms with Gasteiger partial charge >= 0.3 is 0 Å². The quantitative estimate of drug-likeness (QED) is 0.837. The monoisotopic (exact) mass is 295 g/mol. The zero-order chi connectivity index (χ0) is 14.0. The summed E-state index contributed by atoms with van der Waals surface area (Å²) in [5.74, 6) is 0.697. The van der Waals surface area contributed by atoms with Crippen LogP contribution in [0.5, 0.6) is 5.75 Å². The van der Waals surface area contributed by atoms with Gasteiger partial charge in [0.2, 0.25) is 0 Å². The van der Waals surface area contributed by atoms with Gasteiger partial charge in [0.25, 0.3) is 0 Å². The summed E-state index contributed by atoms with van der Waals surface area (Å²) < 4.78 is 5.15. The van der Waals surface area contributed by atoms with Crippen molar-refractivity contribution in [2.75, 3.05) is 12.4 Å². The summed E-state index contributed by atoms with van der Waals surface area (Å²) in [4.78, 5) is 2.70. The van der Waals surface area contributed by atoms with Crippen LogP contribution in [0.2, 0.25) is 5.02 Å². The number of halogens is 1. The number of hydrogen-bond acceptors (Lipinski definition) is 3. The molecule has 0 saturated heterocycles. The Morgan fingerprint density at radius 3 is 2.53 bits per heavy atom. The molecule has 102 valence electrons. The number of anilines is 1. The Morgan fingerprint density at radius 2 is 2.00 bits per heavy atom. The summed E-state index contributed by atoms with van der Waals surface area (Å²) in [6.45, 7) is 6.46. The minimum atomic E-state index is 0.259. The van der Waals surface area contributed by atoms with Gasteiger partial charge in [0, 0.05) is 21.5 Å². The Bertz CT molecular complexity index is 580. The van der Waals surface area contributed by atoms with E-state index in [0.29, 0.717) is 10.8 Å². The largest absolute Gasteiger partial charge is 0.495 e. The smallest absolute Gasteiger partial charge is 0.137 e. The molecule has 1 unspecified atom stereocenters. The van der Waals surface area contributed by atoms with Crippen LogP contribution in [0.15, 0.2) is 24.3 Å². The Kier molecular flexibility index (Phi) is 4.38. The van der Waals surface area contributed by atoms with E-state index in [1.807, 2.05) is 29.5 Å². The fourth-order valence-electron chi connectivity index (χ4n) is 2.16. The van der Waals surface area contributed by atoms with E-state index in [-0.39, 0.29) is 6.04 Å². The third-order valence-electron chi connectivity index (χ3n) is 3.08. The van der Waals surface area contributed by atoms with Gasteiger partial charge in [0.05, 0.1) is 12.1 Å². The third-order valence-corrected chi connectivity index (χ3v) is 4.36. The fraction of sp³-hybridized carbons (Fsp3) is 0.333. The zero-order valence-corrected chi connectivity index (χ0v) is 13.2. The Labute approximate surface area is 123 Å². The molecule has 1 aromatic carbocycles. The van der Waals surface area contributed by atoms with Crippen molar-refractivity contribution in [3.05, 3.63) is 44.6 Å². The number of aryl methyl sites for hydroxylation is 2. The van der Waals surface area contributed by atoms with Crippen molar-refractivity contribution >= 4 is 28.6 Å². The number of benzene rings is 1. The average molecular weight is 296 g/mol. The number of ether oxygens (including phenoxy) is 1. The van der Waals surface area contributed by atoms with E-state index >= 15 is 0 Å². The lowest BCUT2D eigenvalue weighted by Crippen LogP contribution is -2.06. The van der Waals surface area contributed by atoms with Crippen molar-refractivity contribution < 1.29 is 4.74 Å². The second kappa shape index (κ2) is 5.85. The standard InChI is InChI=1S/C15H18ClNOS/c1-9-7-13(11(3)19-9)10(2)17-12-5-6-15(18-4)14(16)8-12/h5-8,10,17H,1-4H3. The first-order valence-electron chi connectivity index (χ1n) is 6.18. The van der Waals surface area contributed by atoms with Gasteiger partial charge in [-0.15, -0.1) is 11.3 Å². The molecule has 0 fully saturated rings. The molecule has 0 aliphatic heterocycles. The van der Waals surface area contributed by atoms with Crippen LogP contribution < -0.4 is 10.1 Å². The molecule has 1 N–H and O–H groups in total. The maximum atomic E-state index is 6.13.